The van der Waals surface area contributed by atoms with Gasteiger partial charge in [-0.05, 0) is 44.2 Å². The molecule has 0 unspecified atom stereocenters. The summed E-state index contributed by atoms with van der Waals surface area (Å²) in [5, 5.41) is 3.72. The monoisotopic (exact) mass is 254 g/mol. The largest absolute Gasteiger partial charge is 0.314 e. The molecule has 108 valence electrons. The minimum Gasteiger partial charge on any atom is -0.314 e. The molecule has 1 rings (SSSR count). The van der Waals surface area contributed by atoms with Gasteiger partial charge in [0.2, 0.25) is 0 Å². The molecule has 0 saturated heterocycles. The van der Waals surface area contributed by atoms with Crippen LogP contribution < -0.4 is 5.32 Å². The van der Waals surface area contributed by atoms with Crippen LogP contribution in [0, 0.1) is 11.8 Å². The lowest BCUT2D eigenvalue weighted by atomic mass is 10.1. The van der Waals surface area contributed by atoms with Crippen molar-refractivity contribution >= 4 is 0 Å². The van der Waals surface area contributed by atoms with E-state index in [1.165, 1.54) is 58.3 Å². The second-order valence-corrected chi connectivity index (χ2v) is 6.84. The Balaban J connectivity index is 2.11. The summed E-state index contributed by atoms with van der Waals surface area (Å²) in [5.74, 6) is 1.57. The molecule has 0 aromatic heterocycles. The van der Waals surface area contributed by atoms with Crippen LogP contribution in [-0.2, 0) is 0 Å². The van der Waals surface area contributed by atoms with Crippen LogP contribution in [0.25, 0.3) is 0 Å². The molecular formula is C16H34N2. The van der Waals surface area contributed by atoms with Crippen LogP contribution >= 0.6 is 0 Å². The Morgan fingerprint density at radius 1 is 1.00 bits per heavy atom. The zero-order valence-electron chi connectivity index (χ0n) is 13.0. The molecule has 0 aromatic rings. The predicted octanol–water partition coefficient (Wildman–Crippen LogP) is 3.52. The van der Waals surface area contributed by atoms with Crippen molar-refractivity contribution in [3.05, 3.63) is 0 Å². The van der Waals surface area contributed by atoms with Gasteiger partial charge < -0.3 is 10.2 Å². The molecule has 0 spiro atoms. The highest BCUT2D eigenvalue weighted by atomic mass is 15.1. The van der Waals surface area contributed by atoms with E-state index in [1.54, 1.807) is 0 Å². The molecule has 0 aliphatic heterocycles. The minimum absolute atomic E-state index is 0.784. The molecule has 2 heteroatoms. The summed E-state index contributed by atoms with van der Waals surface area (Å²) >= 11 is 0. The molecule has 1 aliphatic rings. The van der Waals surface area contributed by atoms with Crippen molar-refractivity contribution in [3.63, 3.8) is 0 Å². The van der Waals surface area contributed by atoms with Crippen LogP contribution in [0.3, 0.4) is 0 Å². The maximum atomic E-state index is 3.72. The van der Waals surface area contributed by atoms with Crippen molar-refractivity contribution in [1.82, 2.24) is 10.2 Å². The fourth-order valence-corrected chi connectivity index (χ4v) is 3.03. The highest BCUT2D eigenvalue weighted by Gasteiger charge is 2.14. The molecule has 2 nitrogen and oxygen atoms in total. The number of nitrogens with one attached hydrogen (secondary N) is 1. The lowest BCUT2D eigenvalue weighted by Gasteiger charge is -2.26. The van der Waals surface area contributed by atoms with E-state index in [0.29, 0.717) is 0 Å². The summed E-state index contributed by atoms with van der Waals surface area (Å²) in [5.41, 5.74) is 0. The predicted molar refractivity (Wildman–Crippen MR) is 81.0 cm³/mol. The van der Waals surface area contributed by atoms with Crippen LogP contribution in [0.15, 0.2) is 0 Å². The first-order valence-corrected chi connectivity index (χ1v) is 8.03. The van der Waals surface area contributed by atoms with Gasteiger partial charge in [-0.25, -0.2) is 0 Å². The van der Waals surface area contributed by atoms with Gasteiger partial charge in [-0.2, -0.15) is 0 Å². The first kappa shape index (κ1) is 16.0. The van der Waals surface area contributed by atoms with Gasteiger partial charge >= 0.3 is 0 Å². The molecule has 0 aromatic carbocycles. The maximum absolute atomic E-state index is 3.72. The number of rotatable bonds is 9. The van der Waals surface area contributed by atoms with Crippen LogP contribution in [-0.4, -0.2) is 37.1 Å². The third kappa shape index (κ3) is 7.38. The van der Waals surface area contributed by atoms with E-state index in [-0.39, 0.29) is 0 Å². The standard InChI is InChI=1S/C16H34N2/c1-14(2)12-18(13-15(3)4)11-7-10-17-16-8-5-6-9-16/h14-17H,5-13H2,1-4H3. The van der Waals surface area contributed by atoms with Crippen molar-refractivity contribution in [1.29, 1.82) is 0 Å². The second kappa shape index (κ2) is 8.92. The SMILES string of the molecule is CC(C)CN(CCCNC1CCCC1)CC(C)C. The number of hydrogen-bond donors (Lipinski definition) is 1. The molecule has 0 amide bonds. The maximum Gasteiger partial charge on any atom is 0.00670 e. The Bertz CT molecular complexity index is 185. The number of hydrogen-bond acceptors (Lipinski definition) is 2. The summed E-state index contributed by atoms with van der Waals surface area (Å²) in [4.78, 5) is 2.64. The third-order valence-electron chi connectivity index (χ3n) is 3.69. The van der Waals surface area contributed by atoms with E-state index < -0.39 is 0 Å². The molecule has 1 saturated carbocycles. The molecule has 1 aliphatic carbocycles. The van der Waals surface area contributed by atoms with Crippen LogP contribution in [0.4, 0.5) is 0 Å². The molecule has 0 bridgehead atoms. The molecule has 1 N–H and O–H groups in total. The summed E-state index contributed by atoms with van der Waals surface area (Å²) < 4.78 is 0. The molecule has 18 heavy (non-hydrogen) atoms. The summed E-state index contributed by atoms with van der Waals surface area (Å²) in [7, 11) is 0. The Kier molecular flexibility index (Phi) is 7.92. The van der Waals surface area contributed by atoms with Gasteiger partial charge in [0.1, 0.15) is 0 Å². The van der Waals surface area contributed by atoms with Gasteiger partial charge in [0.25, 0.3) is 0 Å². The fraction of sp³-hybridized carbons (Fsp3) is 1.00. The summed E-state index contributed by atoms with van der Waals surface area (Å²) in [6, 6.07) is 0.827. The normalized spacial score (nSPS) is 17.5. The Morgan fingerprint density at radius 2 is 1.56 bits per heavy atom. The highest BCUT2D eigenvalue weighted by Crippen LogP contribution is 2.17. The van der Waals surface area contributed by atoms with Crippen LogP contribution in [0.2, 0.25) is 0 Å². The minimum atomic E-state index is 0.784. The highest BCUT2D eigenvalue weighted by molar-refractivity contribution is 4.73. The Hall–Kier alpha value is -0.0800. The van der Waals surface area contributed by atoms with Crippen LogP contribution in [0.5, 0.6) is 0 Å². The van der Waals surface area contributed by atoms with Gasteiger partial charge in [0, 0.05) is 19.1 Å². The molecule has 0 radical (unpaired) electrons. The lowest BCUT2D eigenvalue weighted by molar-refractivity contribution is 0.215. The van der Waals surface area contributed by atoms with Gasteiger partial charge in [-0.1, -0.05) is 40.5 Å². The summed E-state index contributed by atoms with van der Waals surface area (Å²) in [6.07, 6.45) is 6.98. The van der Waals surface area contributed by atoms with E-state index >= 15 is 0 Å². The van der Waals surface area contributed by atoms with E-state index in [1.807, 2.05) is 0 Å². The van der Waals surface area contributed by atoms with Crippen molar-refractivity contribution < 1.29 is 0 Å². The van der Waals surface area contributed by atoms with Gasteiger partial charge in [0.05, 0.1) is 0 Å². The topological polar surface area (TPSA) is 15.3 Å². The smallest absolute Gasteiger partial charge is 0.00670 e. The quantitative estimate of drug-likeness (QED) is 0.633. The zero-order valence-corrected chi connectivity index (χ0v) is 13.0. The second-order valence-electron chi connectivity index (χ2n) is 6.84. The molecule has 1 fully saturated rings. The Labute approximate surface area is 115 Å². The molecule has 0 atom stereocenters. The van der Waals surface area contributed by atoms with E-state index in [4.69, 9.17) is 0 Å². The summed E-state index contributed by atoms with van der Waals surface area (Å²) in [6.45, 7) is 14.3. The average Bonchev–Trinajstić information content (AvgIpc) is 2.75. The Morgan fingerprint density at radius 3 is 2.06 bits per heavy atom. The van der Waals surface area contributed by atoms with Gasteiger partial charge in [-0.15, -0.1) is 0 Å². The fourth-order valence-electron chi connectivity index (χ4n) is 3.03. The zero-order chi connectivity index (χ0) is 13.4. The molecular weight excluding hydrogens is 220 g/mol. The molecule has 0 heterocycles. The van der Waals surface area contributed by atoms with Gasteiger partial charge in [-0.3, -0.25) is 0 Å². The number of nitrogens with zero attached hydrogens (tertiary/aromatic N) is 1. The van der Waals surface area contributed by atoms with Crippen molar-refractivity contribution in [2.45, 2.75) is 65.8 Å². The van der Waals surface area contributed by atoms with Crippen molar-refractivity contribution in [3.8, 4) is 0 Å². The van der Waals surface area contributed by atoms with Crippen LogP contribution in [0.1, 0.15) is 59.8 Å². The van der Waals surface area contributed by atoms with E-state index in [0.717, 1.165) is 17.9 Å². The first-order valence-electron chi connectivity index (χ1n) is 8.03. The lowest BCUT2D eigenvalue weighted by Crippen LogP contribution is -2.35. The van der Waals surface area contributed by atoms with E-state index in [9.17, 15) is 0 Å². The first-order chi connectivity index (χ1) is 8.58. The van der Waals surface area contributed by atoms with Gasteiger partial charge in [0.15, 0.2) is 0 Å². The van der Waals surface area contributed by atoms with Crippen molar-refractivity contribution in [2.75, 3.05) is 26.2 Å². The van der Waals surface area contributed by atoms with E-state index in [2.05, 4.69) is 37.9 Å². The van der Waals surface area contributed by atoms with Crippen molar-refractivity contribution in [2.24, 2.45) is 11.8 Å². The average molecular weight is 254 g/mol. The third-order valence-corrected chi connectivity index (χ3v) is 3.69.